The van der Waals surface area contributed by atoms with Crippen LogP contribution < -0.4 is 11.0 Å². The number of nitrogens with one attached hydrogen (secondary N) is 3. The highest BCUT2D eigenvalue weighted by Gasteiger charge is 2.10. The van der Waals surface area contributed by atoms with Crippen LogP contribution in [0.5, 0.6) is 0 Å². The van der Waals surface area contributed by atoms with Crippen LogP contribution in [0.25, 0.3) is 22.0 Å². The lowest BCUT2D eigenvalue weighted by Crippen LogP contribution is -2.26. The van der Waals surface area contributed by atoms with E-state index in [2.05, 4.69) is 9.97 Å². The molecule has 0 amide bonds. The highest BCUT2D eigenvalue weighted by atomic mass is 16.1. The molecular formula is C20H15N5O. The van der Waals surface area contributed by atoms with Gasteiger partial charge in [-0.05, 0) is 41.5 Å². The van der Waals surface area contributed by atoms with Crippen molar-refractivity contribution in [3.05, 3.63) is 94.6 Å². The van der Waals surface area contributed by atoms with E-state index >= 15 is 0 Å². The molecule has 0 aliphatic rings. The molecule has 126 valence electrons. The van der Waals surface area contributed by atoms with Crippen LogP contribution in [0.15, 0.2) is 78.0 Å². The summed E-state index contributed by atoms with van der Waals surface area (Å²) >= 11 is 0. The summed E-state index contributed by atoms with van der Waals surface area (Å²) in [4.78, 5) is 18.4. The number of H-pyrrole nitrogens is 1. The predicted octanol–water partition coefficient (Wildman–Crippen LogP) is 2.74. The smallest absolute Gasteiger partial charge is 0.248 e. The summed E-state index contributed by atoms with van der Waals surface area (Å²) < 4.78 is 1.50. The minimum atomic E-state index is -0.193. The van der Waals surface area contributed by atoms with Gasteiger partial charge in [0.1, 0.15) is 11.3 Å². The number of aromatic amines is 1. The molecule has 0 aliphatic heterocycles. The second kappa shape index (κ2) is 6.25. The molecule has 3 aromatic heterocycles. The number of hydrogen-bond acceptors (Lipinski definition) is 4. The van der Waals surface area contributed by atoms with Gasteiger partial charge >= 0.3 is 0 Å². The quantitative estimate of drug-likeness (QED) is 0.386. The van der Waals surface area contributed by atoms with Crippen LogP contribution in [0.4, 0.5) is 0 Å². The third-order valence-corrected chi connectivity index (χ3v) is 4.21. The van der Waals surface area contributed by atoms with Gasteiger partial charge in [0, 0.05) is 35.6 Å². The zero-order valence-electron chi connectivity index (χ0n) is 13.7. The van der Waals surface area contributed by atoms with Gasteiger partial charge in [-0.1, -0.05) is 18.2 Å². The van der Waals surface area contributed by atoms with Crippen LogP contribution in [0.3, 0.4) is 0 Å². The number of aromatic nitrogens is 3. The van der Waals surface area contributed by atoms with Crippen molar-refractivity contribution in [2.75, 3.05) is 0 Å². The lowest BCUT2D eigenvalue weighted by Gasteiger charge is -2.12. The summed E-state index contributed by atoms with van der Waals surface area (Å²) in [5.41, 5.74) is 2.97. The lowest BCUT2D eigenvalue weighted by atomic mass is 10.1. The summed E-state index contributed by atoms with van der Waals surface area (Å²) in [6.07, 6.45) is 4.92. The number of hydrogen-bond donors (Lipinski definition) is 3. The van der Waals surface area contributed by atoms with Crippen molar-refractivity contribution in [1.82, 2.24) is 14.5 Å². The van der Waals surface area contributed by atoms with Crippen molar-refractivity contribution in [1.29, 1.82) is 10.8 Å². The van der Waals surface area contributed by atoms with Crippen LogP contribution in [-0.4, -0.2) is 20.4 Å². The van der Waals surface area contributed by atoms with E-state index in [-0.39, 0.29) is 16.9 Å². The molecule has 0 aliphatic carbocycles. The van der Waals surface area contributed by atoms with Crippen molar-refractivity contribution in [2.45, 2.75) is 0 Å². The van der Waals surface area contributed by atoms with E-state index in [4.69, 9.17) is 10.8 Å². The van der Waals surface area contributed by atoms with E-state index in [1.807, 2.05) is 24.3 Å². The molecule has 0 fully saturated rings. The zero-order valence-corrected chi connectivity index (χ0v) is 13.7. The Morgan fingerprint density at radius 1 is 1.04 bits per heavy atom. The molecule has 0 atom stereocenters. The fourth-order valence-electron chi connectivity index (χ4n) is 2.93. The number of rotatable bonds is 2. The maximum atomic E-state index is 11.5. The Kier molecular flexibility index (Phi) is 3.78. The Labute approximate surface area is 148 Å². The van der Waals surface area contributed by atoms with Crippen LogP contribution >= 0.6 is 0 Å². The van der Waals surface area contributed by atoms with Crippen LogP contribution in [0, 0.1) is 10.8 Å². The van der Waals surface area contributed by atoms with Crippen LogP contribution in [0.2, 0.25) is 0 Å². The highest BCUT2D eigenvalue weighted by Crippen LogP contribution is 2.18. The molecule has 0 unspecified atom stereocenters. The second-order valence-corrected chi connectivity index (χ2v) is 5.84. The summed E-state index contributed by atoms with van der Waals surface area (Å²) in [7, 11) is 0. The molecule has 3 heterocycles. The van der Waals surface area contributed by atoms with Gasteiger partial charge in [-0.15, -0.1) is 0 Å². The molecule has 6 nitrogen and oxygen atoms in total. The van der Waals surface area contributed by atoms with Gasteiger partial charge in [0.2, 0.25) is 5.56 Å². The van der Waals surface area contributed by atoms with Gasteiger partial charge in [-0.3, -0.25) is 25.2 Å². The second-order valence-electron chi connectivity index (χ2n) is 5.84. The van der Waals surface area contributed by atoms with Gasteiger partial charge in [-0.25, -0.2) is 0 Å². The normalized spacial score (nSPS) is 10.8. The third kappa shape index (κ3) is 2.73. The van der Waals surface area contributed by atoms with Gasteiger partial charge in [0.25, 0.3) is 0 Å². The molecule has 0 bridgehead atoms. The molecule has 0 spiro atoms. The average molecular weight is 341 g/mol. The first kappa shape index (κ1) is 15.7. The summed E-state index contributed by atoms with van der Waals surface area (Å²) in [5, 5.41) is 17.8. The SMILES string of the molecule is N=C(c1ccnc2ccccc12)n1ccc(-c2cc[nH]c(=O)c2)cc1=N. The minimum Gasteiger partial charge on any atom is -0.329 e. The lowest BCUT2D eigenvalue weighted by molar-refractivity contribution is 0.966. The molecule has 6 heteroatoms. The van der Waals surface area contributed by atoms with E-state index in [0.717, 1.165) is 22.0 Å². The summed E-state index contributed by atoms with van der Waals surface area (Å²) in [5.74, 6) is 0.200. The van der Waals surface area contributed by atoms with Crippen molar-refractivity contribution < 1.29 is 0 Å². The van der Waals surface area contributed by atoms with E-state index in [1.54, 1.807) is 42.9 Å². The molecule has 0 saturated carbocycles. The first-order valence-electron chi connectivity index (χ1n) is 8.03. The minimum absolute atomic E-state index is 0.161. The van der Waals surface area contributed by atoms with Crippen molar-refractivity contribution in [2.24, 2.45) is 0 Å². The van der Waals surface area contributed by atoms with E-state index < -0.39 is 0 Å². The van der Waals surface area contributed by atoms with Crippen molar-refractivity contribution >= 4 is 16.7 Å². The zero-order chi connectivity index (χ0) is 18.1. The molecule has 3 N–H and O–H groups in total. The van der Waals surface area contributed by atoms with Crippen LogP contribution in [-0.2, 0) is 0 Å². The first-order chi connectivity index (χ1) is 12.6. The monoisotopic (exact) mass is 341 g/mol. The van der Waals surface area contributed by atoms with Gasteiger partial charge in [0.05, 0.1) is 5.52 Å². The molecule has 0 saturated heterocycles. The van der Waals surface area contributed by atoms with Crippen molar-refractivity contribution in [3.8, 4) is 11.1 Å². The fraction of sp³-hybridized carbons (Fsp3) is 0. The molecule has 4 rings (SSSR count). The van der Waals surface area contributed by atoms with Gasteiger partial charge in [-0.2, -0.15) is 0 Å². The number of pyridine rings is 3. The Balaban J connectivity index is 1.80. The number of fused-ring (bicyclic) bond motifs is 1. The molecule has 4 aromatic rings. The van der Waals surface area contributed by atoms with E-state index in [0.29, 0.717) is 5.56 Å². The Morgan fingerprint density at radius 3 is 2.65 bits per heavy atom. The van der Waals surface area contributed by atoms with Gasteiger partial charge in [0.15, 0.2) is 0 Å². The first-order valence-corrected chi connectivity index (χ1v) is 8.03. The summed E-state index contributed by atoms with van der Waals surface area (Å²) in [6, 6.07) is 16.1. The maximum absolute atomic E-state index is 11.5. The highest BCUT2D eigenvalue weighted by molar-refractivity contribution is 6.08. The molecule has 1 aromatic carbocycles. The third-order valence-electron chi connectivity index (χ3n) is 4.21. The van der Waals surface area contributed by atoms with Crippen LogP contribution in [0.1, 0.15) is 5.56 Å². The summed E-state index contributed by atoms with van der Waals surface area (Å²) in [6.45, 7) is 0. The molecule has 26 heavy (non-hydrogen) atoms. The molecule has 0 radical (unpaired) electrons. The number of para-hydroxylation sites is 1. The maximum Gasteiger partial charge on any atom is 0.248 e. The standard InChI is InChI=1S/C20H15N5O/c21-18-11-14(13-5-8-24-19(26)12-13)7-10-25(18)20(22)16-6-9-23-17-4-2-1-3-15(16)17/h1-12,21-22H,(H,24,26). The number of benzene rings is 1. The fourth-order valence-corrected chi connectivity index (χ4v) is 2.93. The van der Waals surface area contributed by atoms with Gasteiger partial charge < -0.3 is 4.98 Å². The number of nitrogens with zero attached hydrogens (tertiary/aromatic N) is 2. The predicted molar refractivity (Wildman–Crippen MR) is 100 cm³/mol. The average Bonchev–Trinajstić information content (AvgIpc) is 2.67. The van der Waals surface area contributed by atoms with E-state index in [1.165, 1.54) is 10.6 Å². The van der Waals surface area contributed by atoms with E-state index in [9.17, 15) is 4.79 Å². The Morgan fingerprint density at radius 2 is 1.85 bits per heavy atom. The largest absolute Gasteiger partial charge is 0.329 e. The molecular weight excluding hydrogens is 326 g/mol. The topological polar surface area (TPSA) is 98.4 Å². The van der Waals surface area contributed by atoms with Crippen molar-refractivity contribution in [3.63, 3.8) is 0 Å². The Hall–Kier alpha value is -3.80. The Bertz CT molecular complexity index is 1250.